The van der Waals surface area contributed by atoms with Gasteiger partial charge in [0.25, 0.3) is 0 Å². The number of hydrogen-bond acceptors (Lipinski definition) is 6. The number of hydrogen-bond donors (Lipinski definition) is 1. The molecule has 1 N–H and O–H groups in total. The molecule has 0 saturated carbocycles. The molecule has 0 aliphatic carbocycles. The van der Waals surface area contributed by atoms with Crippen LogP contribution in [0.4, 0.5) is 10.2 Å². The van der Waals surface area contributed by atoms with E-state index in [-0.39, 0.29) is 12.4 Å². The summed E-state index contributed by atoms with van der Waals surface area (Å²) >= 11 is 6.22. The van der Waals surface area contributed by atoms with Gasteiger partial charge in [-0.1, -0.05) is 29.8 Å². The second kappa shape index (κ2) is 9.94. The van der Waals surface area contributed by atoms with Crippen LogP contribution in [0.2, 0.25) is 5.02 Å². The smallest absolute Gasteiger partial charge is 0.186 e. The third kappa shape index (κ3) is 4.87. The van der Waals surface area contributed by atoms with E-state index in [1.165, 1.54) is 6.33 Å². The molecular formula is C26H25ClFN7O. The molecule has 10 heteroatoms. The van der Waals surface area contributed by atoms with Crippen LogP contribution in [0.15, 0.2) is 55.2 Å². The Morgan fingerprint density at radius 3 is 2.69 bits per heavy atom. The summed E-state index contributed by atoms with van der Waals surface area (Å²) in [5.41, 5.74) is 4.65. The average Bonchev–Trinajstić information content (AvgIpc) is 3.48. The predicted molar refractivity (Wildman–Crippen MR) is 137 cm³/mol. The second-order valence-electron chi connectivity index (χ2n) is 8.66. The van der Waals surface area contributed by atoms with Crippen LogP contribution >= 0.6 is 11.6 Å². The number of fused-ring (bicyclic) bond motifs is 1. The number of nitrogens with one attached hydrogen (secondary N) is 1. The average molecular weight is 506 g/mol. The Morgan fingerprint density at radius 1 is 1.06 bits per heavy atom. The first-order valence-corrected chi connectivity index (χ1v) is 11.8. The first-order valence-electron chi connectivity index (χ1n) is 11.4. The van der Waals surface area contributed by atoms with Gasteiger partial charge in [0.2, 0.25) is 0 Å². The van der Waals surface area contributed by atoms with Crippen molar-refractivity contribution in [3.63, 3.8) is 0 Å². The maximum Gasteiger partial charge on any atom is 0.186 e. The van der Waals surface area contributed by atoms with E-state index in [9.17, 15) is 4.39 Å². The third-order valence-corrected chi connectivity index (χ3v) is 6.32. The molecule has 0 amide bonds. The van der Waals surface area contributed by atoms with Crippen molar-refractivity contribution in [1.29, 1.82) is 0 Å². The molecule has 3 aromatic heterocycles. The van der Waals surface area contributed by atoms with Crippen molar-refractivity contribution in [2.24, 2.45) is 0 Å². The van der Waals surface area contributed by atoms with E-state index in [1.54, 1.807) is 30.8 Å². The summed E-state index contributed by atoms with van der Waals surface area (Å²) in [5, 5.41) is 13.2. The molecule has 3 heterocycles. The number of ether oxygens (including phenoxy) is 1. The molecule has 0 bridgehead atoms. The van der Waals surface area contributed by atoms with Gasteiger partial charge in [-0.3, -0.25) is 9.36 Å². The van der Waals surface area contributed by atoms with Crippen LogP contribution in [0.25, 0.3) is 11.0 Å². The largest absolute Gasteiger partial charge is 0.496 e. The highest BCUT2D eigenvalue weighted by molar-refractivity contribution is 6.31. The molecule has 0 aliphatic heterocycles. The fourth-order valence-corrected chi connectivity index (χ4v) is 4.30. The fraction of sp³-hybridized carbons (Fsp3) is 0.231. The minimum absolute atomic E-state index is 0.193. The van der Waals surface area contributed by atoms with Crippen molar-refractivity contribution in [2.75, 3.05) is 12.4 Å². The summed E-state index contributed by atoms with van der Waals surface area (Å²) in [6.45, 7) is 5.06. The Morgan fingerprint density at radius 2 is 1.92 bits per heavy atom. The van der Waals surface area contributed by atoms with Crippen LogP contribution in [-0.4, -0.2) is 36.6 Å². The molecule has 0 fully saturated rings. The zero-order valence-corrected chi connectivity index (χ0v) is 20.9. The van der Waals surface area contributed by atoms with Crippen molar-refractivity contribution in [3.8, 4) is 5.75 Å². The van der Waals surface area contributed by atoms with Gasteiger partial charge in [0.1, 0.15) is 23.7 Å². The maximum atomic E-state index is 14.6. The van der Waals surface area contributed by atoms with E-state index >= 15 is 0 Å². The fourth-order valence-electron chi connectivity index (χ4n) is 4.09. The van der Waals surface area contributed by atoms with Gasteiger partial charge in [-0.25, -0.2) is 14.4 Å². The lowest BCUT2D eigenvalue weighted by Gasteiger charge is -2.11. The molecule has 0 atom stereocenters. The highest BCUT2D eigenvalue weighted by Gasteiger charge is 2.14. The number of rotatable bonds is 8. The van der Waals surface area contributed by atoms with E-state index in [0.29, 0.717) is 40.7 Å². The summed E-state index contributed by atoms with van der Waals surface area (Å²) in [4.78, 5) is 8.62. The van der Waals surface area contributed by atoms with Crippen LogP contribution in [-0.2, 0) is 19.6 Å². The van der Waals surface area contributed by atoms with Crippen molar-refractivity contribution >= 4 is 28.5 Å². The van der Waals surface area contributed by atoms with Gasteiger partial charge in [0, 0.05) is 35.1 Å². The Balaban J connectivity index is 1.35. The molecule has 8 nitrogen and oxygen atoms in total. The molecule has 0 spiro atoms. The number of aromatic nitrogens is 6. The van der Waals surface area contributed by atoms with Gasteiger partial charge in [0.15, 0.2) is 5.65 Å². The Kier molecular flexibility index (Phi) is 6.56. The zero-order valence-electron chi connectivity index (χ0n) is 20.2. The first kappa shape index (κ1) is 23.7. The van der Waals surface area contributed by atoms with Crippen molar-refractivity contribution < 1.29 is 9.13 Å². The van der Waals surface area contributed by atoms with Gasteiger partial charge in [-0.15, -0.1) is 0 Å². The maximum absolute atomic E-state index is 14.6. The normalized spacial score (nSPS) is 11.2. The van der Waals surface area contributed by atoms with Crippen LogP contribution in [0.1, 0.15) is 27.8 Å². The molecule has 5 aromatic rings. The van der Waals surface area contributed by atoms with Gasteiger partial charge < -0.3 is 10.1 Å². The minimum atomic E-state index is -0.323. The molecule has 0 radical (unpaired) electrons. The summed E-state index contributed by atoms with van der Waals surface area (Å²) in [5.74, 6) is 1.03. The van der Waals surface area contributed by atoms with Crippen LogP contribution in [0.5, 0.6) is 5.75 Å². The lowest BCUT2D eigenvalue weighted by molar-refractivity contribution is 0.406. The Hall–Kier alpha value is -3.98. The molecule has 36 heavy (non-hydrogen) atoms. The molecule has 0 saturated heterocycles. The number of halogens is 2. The number of nitrogens with zero attached hydrogens (tertiary/aromatic N) is 6. The quantitative estimate of drug-likeness (QED) is 0.314. The lowest BCUT2D eigenvalue weighted by Crippen LogP contribution is -2.05. The van der Waals surface area contributed by atoms with Crippen LogP contribution < -0.4 is 10.1 Å². The van der Waals surface area contributed by atoms with E-state index in [0.717, 1.165) is 27.8 Å². The summed E-state index contributed by atoms with van der Waals surface area (Å²) in [6, 6.07) is 9.45. The topological polar surface area (TPSA) is 82.7 Å². The zero-order chi connectivity index (χ0) is 25.2. The van der Waals surface area contributed by atoms with Gasteiger partial charge in [-0.2, -0.15) is 10.2 Å². The monoisotopic (exact) mass is 505 g/mol. The van der Waals surface area contributed by atoms with Crippen molar-refractivity contribution in [3.05, 3.63) is 93.9 Å². The van der Waals surface area contributed by atoms with E-state index in [2.05, 4.69) is 25.5 Å². The van der Waals surface area contributed by atoms with Gasteiger partial charge in [0.05, 0.1) is 31.8 Å². The molecule has 184 valence electrons. The number of benzene rings is 2. The predicted octanol–water partition coefficient (Wildman–Crippen LogP) is 5.15. The third-order valence-electron chi connectivity index (χ3n) is 5.97. The van der Waals surface area contributed by atoms with Gasteiger partial charge >= 0.3 is 0 Å². The number of anilines is 1. The Bertz CT molecular complexity index is 1550. The Labute approximate surface area is 212 Å². The molecule has 2 aromatic carbocycles. The van der Waals surface area contributed by atoms with Crippen LogP contribution in [0, 0.1) is 19.7 Å². The second-order valence-corrected chi connectivity index (χ2v) is 9.07. The van der Waals surface area contributed by atoms with E-state index in [4.69, 9.17) is 16.3 Å². The summed E-state index contributed by atoms with van der Waals surface area (Å²) in [7, 11) is 1.66. The van der Waals surface area contributed by atoms with E-state index in [1.807, 2.05) is 48.4 Å². The number of aryl methyl sites for hydroxylation is 2. The highest BCUT2D eigenvalue weighted by Crippen LogP contribution is 2.26. The minimum Gasteiger partial charge on any atom is -0.496 e. The molecule has 0 aliphatic rings. The highest BCUT2D eigenvalue weighted by atomic mass is 35.5. The van der Waals surface area contributed by atoms with Crippen molar-refractivity contribution in [1.82, 2.24) is 29.5 Å². The standard InChI is InChI=1S/C26H25ClFN7O/c1-16-9-32-34(11-16)13-19-6-5-18(8-23(19)36-3)12-35-14-21-25(30-15-31-26(21)33-35)29-10-20-22(27)7-4-17(2)24(20)28/h4-9,11,14-15H,10,12-13H2,1-3H3,(H,29,30,31,33). The number of methoxy groups -OCH3 is 1. The molecule has 0 unspecified atom stereocenters. The first-order chi connectivity index (χ1) is 17.4. The summed E-state index contributed by atoms with van der Waals surface area (Å²) in [6.07, 6.45) is 7.14. The van der Waals surface area contributed by atoms with Crippen molar-refractivity contribution in [2.45, 2.75) is 33.5 Å². The van der Waals surface area contributed by atoms with Crippen LogP contribution in [0.3, 0.4) is 0 Å². The van der Waals surface area contributed by atoms with E-state index < -0.39 is 0 Å². The SMILES string of the molecule is COc1cc(Cn2cc3c(NCc4c(Cl)ccc(C)c4F)ncnc3n2)ccc1Cn1cc(C)cn1. The van der Waals surface area contributed by atoms with Gasteiger partial charge in [-0.05, 0) is 42.7 Å². The molecule has 5 rings (SSSR count). The summed E-state index contributed by atoms with van der Waals surface area (Å²) < 4.78 is 23.9. The lowest BCUT2D eigenvalue weighted by atomic mass is 10.1. The molecular weight excluding hydrogens is 481 g/mol.